The average molecular weight is 350 g/mol. The van der Waals surface area contributed by atoms with E-state index in [1.54, 1.807) is 19.9 Å². The Balaban J connectivity index is 2.29. The normalized spacial score (nSPS) is 11.8. The Hall–Kier alpha value is -2.25. The van der Waals surface area contributed by atoms with Crippen molar-refractivity contribution in [3.05, 3.63) is 59.9 Å². The predicted molar refractivity (Wildman–Crippen MR) is 90.9 cm³/mol. The van der Waals surface area contributed by atoms with Crippen LogP contribution in [0.1, 0.15) is 24.2 Å². The maximum atomic E-state index is 13.2. The molecular weight excluding hydrogens is 331 g/mol. The zero-order valence-corrected chi connectivity index (χ0v) is 14.5. The third-order valence-corrected chi connectivity index (χ3v) is 5.61. The first-order valence-electron chi connectivity index (χ1n) is 7.37. The summed E-state index contributed by atoms with van der Waals surface area (Å²) < 4.78 is 39.4. The molecule has 0 aliphatic carbocycles. The van der Waals surface area contributed by atoms with Crippen LogP contribution in [0.3, 0.4) is 0 Å². The molecule has 2 aromatic rings. The number of rotatable bonds is 5. The largest absolute Gasteiger partial charge is 0.322 e. The molecule has 128 valence electrons. The van der Waals surface area contributed by atoms with Crippen LogP contribution >= 0.6 is 0 Å². The van der Waals surface area contributed by atoms with E-state index < -0.39 is 21.7 Å². The van der Waals surface area contributed by atoms with Gasteiger partial charge in [0, 0.05) is 24.3 Å². The van der Waals surface area contributed by atoms with Gasteiger partial charge in [-0.1, -0.05) is 12.1 Å². The number of nitrogens with zero attached hydrogens (tertiary/aromatic N) is 1. The number of sulfonamides is 1. The Kier molecular flexibility index (Phi) is 5.36. The van der Waals surface area contributed by atoms with E-state index >= 15 is 0 Å². The molecule has 1 N–H and O–H groups in total. The first-order chi connectivity index (χ1) is 11.2. The van der Waals surface area contributed by atoms with Crippen LogP contribution in [0, 0.1) is 5.82 Å². The first-order valence-corrected chi connectivity index (χ1v) is 8.81. The van der Waals surface area contributed by atoms with Crippen molar-refractivity contribution < 1.29 is 17.6 Å². The second-order valence-electron chi connectivity index (χ2n) is 5.61. The van der Waals surface area contributed by atoms with Crippen molar-refractivity contribution in [2.24, 2.45) is 0 Å². The molecule has 0 saturated heterocycles. The zero-order valence-electron chi connectivity index (χ0n) is 13.7. The standard InChI is InChI=1S/C17H19FN2O3S/c1-12(2)20(3)24(22,23)16-9-4-6-13(10-16)17(21)19-15-8-5-7-14(18)11-15/h4-12H,1-3H3,(H,19,21). The summed E-state index contributed by atoms with van der Waals surface area (Å²) in [4.78, 5) is 12.3. The van der Waals surface area contributed by atoms with Gasteiger partial charge in [-0.2, -0.15) is 4.31 Å². The topological polar surface area (TPSA) is 66.5 Å². The molecule has 2 rings (SSSR count). The minimum atomic E-state index is -3.68. The lowest BCUT2D eigenvalue weighted by Crippen LogP contribution is -2.33. The van der Waals surface area contributed by atoms with Gasteiger partial charge in [0.1, 0.15) is 5.82 Å². The van der Waals surface area contributed by atoms with Gasteiger partial charge >= 0.3 is 0 Å². The van der Waals surface area contributed by atoms with Gasteiger partial charge in [-0.05, 0) is 50.2 Å². The van der Waals surface area contributed by atoms with Crippen LogP contribution in [0.15, 0.2) is 53.4 Å². The summed E-state index contributed by atoms with van der Waals surface area (Å²) in [5.74, 6) is -0.979. The van der Waals surface area contributed by atoms with Gasteiger partial charge < -0.3 is 5.32 Å². The Bertz CT molecular complexity index is 850. The van der Waals surface area contributed by atoms with E-state index in [2.05, 4.69) is 5.32 Å². The summed E-state index contributed by atoms with van der Waals surface area (Å²) >= 11 is 0. The fraction of sp³-hybridized carbons (Fsp3) is 0.235. The minimum absolute atomic E-state index is 0.0330. The van der Waals surface area contributed by atoms with Crippen LogP contribution in [0.25, 0.3) is 0 Å². The molecule has 2 aromatic carbocycles. The molecule has 0 spiro atoms. The molecule has 0 atom stereocenters. The molecule has 0 aromatic heterocycles. The second-order valence-corrected chi connectivity index (χ2v) is 7.60. The zero-order chi connectivity index (χ0) is 17.9. The third-order valence-electron chi connectivity index (χ3n) is 3.58. The first kappa shape index (κ1) is 18.1. The van der Waals surface area contributed by atoms with Crippen molar-refractivity contribution in [1.29, 1.82) is 0 Å². The van der Waals surface area contributed by atoms with Gasteiger partial charge in [0.2, 0.25) is 10.0 Å². The van der Waals surface area contributed by atoms with E-state index in [-0.39, 0.29) is 16.5 Å². The van der Waals surface area contributed by atoms with Crippen molar-refractivity contribution in [1.82, 2.24) is 4.31 Å². The maximum Gasteiger partial charge on any atom is 0.255 e. The SMILES string of the molecule is CC(C)N(C)S(=O)(=O)c1cccc(C(=O)Nc2cccc(F)c2)c1. The van der Waals surface area contributed by atoms with Gasteiger partial charge in [-0.25, -0.2) is 12.8 Å². The van der Waals surface area contributed by atoms with Crippen molar-refractivity contribution >= 4 is 21.6 Å². The van der Waals surface area contributed by atoms with E-state index in [4.69, 9.17) is 0 Å². The summed E-state index contributed by atoms with van der Waals surface area (Å²) in [7, 11) is -2.19. The third kappa shape index (κ3) is 3.98. The number of hydrogen-bond donors (Lipinski definition) is 1. The average Bonchev–Trinajstić information content (AvgIpc) is 2.54. The molecule has 0 bridgehead atoms. The number of halogens is 1. The van der Waals surface area contributed by atoms with Crippen LogP contribution in [0.2, 0.25) is 0 Å². The Morgan fingerprint density at radius 3 is 2.42 bits per heavy atom. The van der Waals surface area contributed by atoms with Gasteiger partial charge in [0.25, 0.3) is 5.91 Å². The lowest BCUT2D eigenvalue weighted by Gasteiger charge is -2.21. The molecule has 24 heavy (non-hydrogen) atoms. The van der Waals surface area contributed by atoms with Gasteiger partial charge in [0.05, 0.1) is 4.90 Å². The number of benzene rings is 2. The van der Waals surface area contributed by atoms with E-state index in [9.17, 15) is 17.6 Å². The lowest BCUT2D eigenvalue weighted by atomic mass is 10.2. The smallest absolute Gasteiger partial charge is 0.255 e. The molecule has 0 fully saturated rings. The van der Waals surface area contributed by atoms with Crippen LogP contribution in [-0.2, 0) is 10.0 Å². The van der Waals surface area contributed by atoms with Crippen molar-refractivity contribution in [2.75, 3.05) is 12.4 Å². The fourth-order valence-corrected chi connectivity index (χ4v) is 3.43. The highest BCUT2D eigenvalue weighted by molar-refractivity contribution is 7.89. The van der Waals surface area contributed by atoms with Crippen molar-refractivity contribution in [2.45, 2.75) is 24.8 Å². The van der Waals surface area contributed by atoms with Crippen LogP contribution in [0.4, 0.5) is 10.1 Å². The number of amides is 1. The quantitative estimate of drug-likeness (QED) is 0.901. The summed E-state index contributed by atoms with van der Waals surface area (Å²) in [6.07, 6.45) is 0. The van der Waals surface area contributed by atoms with Crippen LogP contribution in [-0.4, -0.2) is 31.7 Å². The molecule has 0 aliphatic rings. The predicted octanol–water partition coefficient (Wildman–Crippen LogP) is 3.11. The number of nitrogens with one attached hydrogen (secondary N) is 1. The Morgan fingerprint density at radius 1 is 1.12 bits per heavy atom. The summed E-state index contributed by atoms with van der Waals surface area (Å²) in [6.45, 7) is 3.52. The van der Waals surface area contributed by atoms with Crippen LogP contribution in [0.5, 0.6) is 0 Å². The molecule has 1 amide bonds. The number of carbonyl (C=O) groups is 1. The van der Waals surface area contributed by atoms with Crippen molar-refractivity contribution in [3.8, 4) is 0 Å². The number of carbonyl (C=O) groups excluding carboxylic acids is 1. The van der Waals surface area contributed by atoms with Crippen molar-refractivity contribution in [3.63, 3.8) is 0 Å². The highest BCUT2D eigenvalue weighted by Gasteiger charge is 2.23. The molecule has 0 heterocycles. The van der Waals surface area contributed by atoms with E-state index in [1.165, 1.54) is 53.8 Å². The van der Waals surface area contributed by atoms with E-state index in [1.807, 2.05) is 0 Å². The number of hydrogen-bond acceptors (Lipinski definition) is 3. The second kappa shape index (κ2) is 7.11. The monoisotopic (exact) mass is 350 g/mol. The Labute approximate surface area is 141 Å². The molecular formula is C17H19FN2O3S. The highest BCUT2D eigenvalue weighted by atomic mass is 32.2. The van der Waals surface area contributed by atoms with E-state index in [0.29, 0.717) is 5.69 Å². The highest BCUT2D eigenvalue weighted by Crippen LogP contribution is 2.19. The van der Waals surface area contributed by atoms with Crippen LogP contribution < -0.4 is 5.32 Å². The molecule has 7 heteroatoms. The molecule has 5 nitrogen and oxygen atoms in total. The molecule has 0 unspecified atom stereocenters. The summed E-state index contributed by atoms with van der Waals surface area (Å²) in [5, 5.41) is 2.54. The van der Waals surface area contributed by atoms with Gasteiger partial charge in [-0.3, -0.25) is 4.79 Å². The summed E-state index contributed by atoms with van der Waals surface area (Å²) in [5.41, 5.74) is 0.477. The number of anilines is 1. The lowest BCUT2D eigenvalue weighted by molar-refractivity contribution is 0.102. The van der Waals surface area contributed by atoms with Gasteiger partial charge in [0.15, 0.2) is 0 Å². The Morgan fingerprint density at radius 2 is 1.79 bits per heavy atom. The molecule has 0 saturated carbocycles. The molecule has 0 radical (unpaired) electrons. The van der Waals surface area contributed by atoms with E-state index in [0.717, 1.165) is 0 Å². The minimum Gasteiger partial charge on any atom is -0.322 e. The maximum absolute atomic E-state index is 13.2. The molecule has 0 aliphatic heterocycles. The van der Waals surface area contributed by atoms with Gasteiger partial charge in [-0.15, -0.1) is 0 Å². The fourth-order valence-electron chi connectivity index (χ4n) is 2.01. The summed E-state index contributed by atoms with van der Waals surface area (Å²) in [6, 6.07) is 11.0.